The topological polar surface area (TPSA) is 52.6 Å². The van der Waals surface area contributed by atoms with Gasteiger partial charge in [0.2, 0.25) is 0 Å². The number of rotatable bonds is 6. The first-order valence-corrected chi connectivity index (χ1v) is 9.79. The molecule has 0 aliphatic rings. The molecule has 2 aromatic rings. The van der Waals surface area contributed by atoms with E-state index in [1.54, 1.807) is 18.2 Å². The van der Waals surface area contributed by atoms with E-state index in [-0.39, 0.29) is 27.8 Å². The Kier molecular flexibility index (Phi) is 7.65. The lowest BCUT2D eigenvalue weighted by Crippen LogP contribution is -2.21. The number of ether oxygens (including phenoxy) is 2. The van der Waals surface area contributed by atoms with Crippen LogP contribution in [-0.2, 0) is 20.7 Å². The molecule has 0 bridgehead atoms. The average molecular weight is 478 g/mol. The standard InChI is InChI=1S/C19H16BrCl2FO4/c1-10(24)26-14(9-20)7-12-6-13(23)8-15(19(12)27-11(2)25)18-16(21)4-3-5-17(18)22/h3-6,8,14H,7,9H2,1-2H3/t14-/m0/s1. The molecule has 8 heteroatoms. The number of hydrogen-bond donors (Lipinski definition) is 0. The molecular formula is C19H16BrCl2FO4. The highest BCUT2D eigenvalue weighted by Crippen LogP contribution is 2.42. The second-order valence-corrected chi connectivity index (χ2v) is 7.18. The summed E-state index contributed by atoms with van der Waals surface area (Å²) in [7, 11) is 0. The predicted octanol–water partition coefficient (Wildman–Crippen LogP) is 5.59. The maximum Gasteiger partial charge on any atom is 0.308 e. The van der Waals surface area contributed by atoms with Crippen LogP contribution in [-0.4, -0.2) is 23.4 Å². The van der Waals surface area contributed by atoms with Crippen LogP contribution in [0.3, 0.4) is 0 Å². The van der Waals surface area contributed by atoms with Gasteiger partial charge < -0.3 is 9.47 Å². The highest BCUT2D eigenvalue weighted by atomic mass is 79.9. The van der Waals surface area contributed by atoms with Crippen molar-refractivity contribution < 1.29 is 23.5 Å². The summed E-state index contributed by atoms with van der Waals surface area (Å²) in [6.07, 6.45) is -0.450. The third kappa shape index (κ3) is 5.67. The Morgan fingerprint density at radius 2 is 1.78 bits per heavy atom. The zero-order valence-electron chi connectivity index (χ0n) is 14.5. The Labute approximate surface area is 174 Å². The van der Waals surface area contributed by atoms with Gasteiger partial charge >= 0.3 is 11.9 Å². The molecule has 0 radical (unpaired) electrons. The van der Waals surface area contributed by atoms with Crippen LogP contribution in [0.1, 0.15) is 19.4 Å². The number of hydrogen-bond acceptors (Lipinski definition) is 4. The van der Waals surface area contributed by atoms with Crippen molar-refractivity contribution in [2.24, 2.45) is 0 Å². The van der Waals surface area contributed by atoms with E-state index in [2.05, 4.69) is 15.9 Å². The Hall–Kier alpha value is -1.63. The van der Waals surface area contributed by atoms with Crippen molar-refractivity contribution in [1.29, 1.82) is 0 Å². The third-order valence-electron chi connectivity index (χ3n) is 3.56. The van der Waals surface area contributed by atoms with Crippen LogP contribution in [0, 0.1) is 5.82 Å². The predicted molar refractivity (Wildman–Crippen MR) is 106 cm³/mol. The van der Waals surface area contributed by atoms with Gasteiger partial charge in [-0.2, -0.15) is 0 Å². The maximum absolute atomic E-state index is 14.4. The molecule has 0 aliphatic carbocycles. The highest BCUT2D eigenvalue weighted by molar-refractivity contribution is 9.09. The maximum atomic E-state index is 14.4. The quantitative estimate of drug-likeness (QED) is 0.309. The van der Waals surface area contributed by atoms with E-state index in [0.29, 0.717) is 16.5 Å². The minimum absolute atomic E-state index is 0.122. The van der Waals surface area contributed by atoms with E-state index in [1.165, 1.54) is 26.0 Å². The molecule has 0 unspecified atom stereocenters. The van der Waals surface area contributed by atoms with E-state index < -0.39 is 23.9 Å². The monoisotopic (exact) mass is 476 g/mol. The Balaban J connectivity index is 2.65. The molecule has 0 aliphatic heterocycles. The third-order valence-corrected chi connectivity index (χ3v) is 4.91. The number of carbonyl (C=O) groups excluding carboxylic acids is 2. The fraction of sp³-hybridized carbons (Fsp3) is 0.263. The van der Waals surface area contributed by atoms with Gasteiger partial charge in [-0.3, -0.25) is 9.59 Å². The van der Waals surface area contributed by atoms with Crippen molar-refractivity contribution in [3.8, 4) is 16.9 Å². The Bertz CT molecular complexity index is 853. The molecule has 0 N–H and O–H groups in total. The molecule has 0 amide bonds. The van der Waals surface area contributed by atoms with E-state index in [4.69, 9.17) is 32.7 Å². The minimum atomic E-state index is -0.588. The minimum Gasteiger partial charge on any atom is -0.461 e. The average Bonchev–Trinajstić information content (AvgIpc) is 2.56. The van der Waals surface area contributed by atoms with Gasteiger partial charge in [0.05, 0.1) is 10.0 Å². The summed E-state index contributed by atoms with van der Waals surface area (Å²) in [6.45, 7) is 2.52. The number of alkyl halides is 1. The molecule has 0 fully saturated rings. The molecular weight excluding hydrogens is 462 g/mol. The van der Waals surface area contributed by atoms with Gasteiger partial charge in [0.25, 0.3) is 0 Å². The normalized spacial score (nSPS) is 11.8. The van der Waals surface area contributed by atoms with E-state index in [9.17, 15) is 14.0 Å². The van der Waals surface area contributed by atoms with Crippen molar-refractivity contribution in [3.05, 3.63) is 51.8 Å². The van der Waals surface area contributed by atoms with Crippen LogP contribution < -0.4 is 4.74 Å². The van der Waals surface area contributed by atoms with Crippen LogP contribution in [0.5, 0.6) is 5.75 Å². The first kappa shape index (κ1) is 21.7. The van der Waals surface area contributed by atoms with E-state index in [1.807, 2.05) is 0 Å². The van der Waals surface area contributed by atoms with E-state index >= 15 is 0 Å². The zero-order chi connectivity index (χ0) is 20.1. The molecule has 2 aromatic carbocycles. The summed E-state index contributed by atoms with van der Waals surface area (Å²) in [5.41, 5.74) is 0.939. The summed E-state index contributed by atoms with van der Waals surface area (Å²) < 4.78 is 24.9. The summed E-state index contributed by atoms with van der Waals surface area (Å²) in [5, 5.41) is 0.888. The van der Waals surface area contributed by atoms with Gasteiger partial charge in [-0.25, -0.2) is 4.39 Å². The smallest absolute Gasteiger partial charge is 0.308 e. The van der Waals surface area contributed by atoms with Crippen LogP contribution in [0.15, 0.2) is 30.3 Å². The molecule has 2 rings (SSSR count). The fourth-order valence-corrected chi connectivity index (χ4v) is 3.58. The molecule has 0 spiro atoms. The summed E-state index contributed by atoms with van der Waals surface area (Å²) >= 11 is 15.8. The van der Waals surface area contributed by atoms with Crippen molar-refractivity contribution >= 4 is 51.1 Å². The van der Waals surface area contributed by atoms with Gasteiger partial charge in [-0.05, 0) is 24.3 Å². The summed E-state index contributed by atoms with van der Waals surface area (Å²) in [4.78, 5) is 22.9. The SMILES string of the molecule is CC(=O)Oc1c(C[C@@H](CBr)OC(C)=O)cc(F)cc1-c1c(Cl)cccc1Cl. The number of benzene rings is 2. The first-order chi connectivity index (χ1) is 12.7. The molecule has 0 saturated heterocycles. The first-order valence-electron chi connectivity index (χ1n) is 7.91. The van der Waals surface area contributed by atoms with E-state index in [0.717, 1.165) is 0 Å². The van der Waals surface area contributed by atoms with Crippen LogP contribution in [0.25, 0.3) is 11.1 Å². The van der Waals surface area contributed by atoms with Crippen LogP contribution in [0.2, 0.25) is 10.0 Å². The van der Waals surface area contributed by atoms with Gasteiger partial charge in [-0.15, -0.1) is 0 Å². The highest BCUT2D eigenvalue weighted by Gasteiger charge is 2.23. The molecule has 144 valence electrons. The Morgan fingerprint density at radius 1 is 1.15 bits per heavy atom. The van der Waals surface area contributed by atoms with Crippen LogP contribution >= 0.6 is 39.1 Å². The van der Waals surface area contributed by atoms with Crippen molar-refractivity contribution in [2.45, 2.75) is 26.4 Å². The lowest BCUT2D eigenvalue weighted by atomic mass is 9.98. The molecule has 0 heterocycles. The lowest BCUT2D eigenvalue weighted by molar-refractivity contribution is -0.145. The molecule has 0 saturated carbocycles. The van der Waals surface area contributed by atoms with Crippen molar-refractivity contribution in [2.75, 3.05) is 5.33 Å². The van der Waals surface area contributed by atoms with Gasteiger partial charge in [0, 0.05) is 42.3 Å². The number of carbonyl (C=O) groups is 2. The lowest BCUT2D eigenvalue weighted by Gasteiger charge is -2.19. The largest absolute Gasteiger partial charge is 0.461 e. The zero-order valence-corrected chi connectivity index (χ0v) is 17.6. The van der Waals surface area contributed by atoms with Gasteiger partial charge in [0.15, 0.2) is 0 Å². The van der Waals surface area contributed by atoms with Crippen LogP contribution in [0.4, 0.5) is 4.39 Å². The summed E-state index contributed by atoms with van der Waals surface area (Å²) in [5.74, 6) is -1.51. The second-order valence-electron chi connectivity index (χ2n) is 5.72. The molecule has 27 heavy (non-hydrogen) atoms. The molecule has 4 nitrogen and oxygen atoms in total. The molecule has 1 atom stereocenters. The van der Waals surface area contributed by atoms with Gasteiger partial charge in [0.1, 0.15) is 17.7 Å². The van der Waals surface area contributed by atoms with Crippen molar-refractivity contribution in [3.63, 3.8) is 0 Å². The second kappa shape index (κ2) is 9.53. The van der Waals surface area contributed by atoms with Crippen molar-refractivity contribution in [1.82, 2.24) is 0 Å². The number of esters is 2. The Morgan fingerprint density at radius 3 is 2.30 bits per heavy atom. The fourth-order valence-electron chi connectivity index (χ4n) is 2.61. The number of halogens is 4. The summed E-state index contributed by atoms with van der Waals surface area (Å²) in [6, 6.07) is 7.28. The van der Waals surface area contributed by atoms with Gasteiger partial charge in [-0.1, -0.05) is 45.2 Å². The molecule has 0 aromatic heterocycles.